The third kappa shape index (κ3) is 6.35. The minimum atomic E-state index is -4.45. The maximum atomic E-state index is 13.8. The van der Waals surface area contributed by atoms with Gasteiger partial charge in [-0.2, -0.15) is 13.2 Å². The van der Waals surface area contributed by atoms with Crippen molar-refractivity contribution < 1.29 is 17.9 Å². The van der Waals surface area contributed by atoms with E-state index < -0.39 is 11.7 Å². The third-order valence-corrected chi connectivity index (χ3v) is 6.87. The molecule has 0 atom stereocenters. The molecule has 1 saturated heterocycles. The average molecular weight is 508 g/mol. The number of nitrogens with zero attached hydrogens (tertiary/aromatic N) is 4. The zero-order valence-electron chi connectivity index (χ0n) is 20.3. The van der Waals surface area contributed by atoms with Gasteiger partial charge in [0.05, 0.1) is 5.56 Å². The molecule has 6 nitrogen and oxygen atoms in total. The predicted molar refractivity (Wildman–Crippen MR) is 134 cm³/mol. The monoisotopic (exact) mass is 507 g/mol. The number of rotatable bonds is 8. The summed E-state index contributed by atoms with van der Waals surface area (Å²) in [4.78, 5) is 2.43. The van der Waals surface area contributed by atoms with Gasteiger partial charge in [0.2, 0.25) is 0 Å². The van der Waals surface area contributed by atoms with E-state index in [1.54, 1.807) is 36.4 Å². The first-order valence-electron chi connectivity index (χ1n) is 12.4. The number of nitrogens with one attached hydrogen (secondary N) is 1. The summed E-state index contributed by atoms with van der Waals surface area (Å²) in [6.07, 6.45) is -1.50. The molecular weight excluding hydrogens is 479 g/mol. The van der Waals surface area contributed by atoms with Crippen LogP contribution in [-0.2, 0) is 19.2 Å². The highest BCUT2D eigenvalue weighted by molar-refractivity contribution is 5.68. The lowest BCUT2D eigenvalue weighted by molar-refractivity contribution is -0.137. The van der Waals surface area contributed by atoms with Crippen molar-refractivity contribution in [3.8, 4) is 16.9 Å². The number of H-pyrrole nitrogens is 1. The Kier molecular flexibility index (Phi) is 7.50. The second kappa shape index (κ2) is 11.1. The molecule has 192 valence electrons. The van der Waals surface area contributed by atoms with Gasteiger partial charge in [-0.25, -0.2) is 5.10 Å². The van der Waals surface area contributed by atoms with E-state index in [0.717, 1.165) is 44.7 Å². The largest absolute Gasteiger partial charge is 0.489 e. The molecule has 1 aliphatic rings. The lowest BCUT2D eigenvalue weighted by Crippen LogP contribution is -2.34. The second-order valence-electron chi connectivity index (χ2n) is 9.32. The first-order chi connectivity index (χ1) is 18.0. The van der Waals surface area contributed by atoms with Crippen LogP contribution in [0.4, 0.5) is 13.2 Å². The standard InChI is InChI=1S/C28H28F3N5O/c29-28(30,31)26-18-20(6-11-25(26)23-4-2-1-3-5-23)19-37-24-9-7-21(8-10-24)22-12-15-36(16-13-22)17-14-27-32-34-35-33-27/h1-11,18,22H,12-17,19H2,(H,32,33,34,35). The molecule has 1 aliphatic heterocycles. The van der Waals surface area contributed by atoms with Gasteiger partial charge in [0.1, 0.15) is 18.2 Å². The van der Waals surface area contributed by atoms with Gasteiger partial charge in [0.15, 0.2) is 0 Å². The van der Waals surface area contributed by atoms with Crippen LogP contribution in [0.3, 0.4) is 0 Å². The molecule has 9 heteroatoms. The molecule has 0 bridgehead atoms. The summed E-state index contributed by atoms with van der Waals surface area (Å²) in [6, 6.07) is 21.0. The zero-order chi connectivity index (χ0) is 25.7. The number of aromatic amines is 1. The van der Waals surface area contributed by atoms with Crippen molar-refractivity contribution in [3.05, 3.63) is 95.3 Å². The fourth-order valence-corrected chi connectivity index (χ4v) is 4.83. The van der Waals surface area contributed by atoms with Crippen LogP contribution in [0.2, 0.25) is 0 Å². The number of alkyl halides is 3. The highest BCUT2D eigenvalue weighted by Crippen LogP contribution is 2.38. The fraction of sp³-hybridized carbons (Fsp3) is 0.321. The summed E-state index contributed by atoms with van der Waals surface area (Å²) in [5, 5.41) is 13.9. The Morgan fingerprint density at radius 1 is 0.946 bits per heavy atom. The number of hydrogen-bond acceptors (Lipinski definition) is 5. The second-order valence-corrected chi connectivity index (χ2v) is 9.32. The molecule has 1 aromatic heterocycles. The number of aromatic nitrogens is 4. The number of benzene rings is 3. The summed E-state index contributed by atoms with van der Waals surface area (Å²) in [5.74, 6) is 1.93. The predicted octanol–water partition coefficient (Wildman–Crippen LogP) is 5.89. The van der Waals surface area contributed by atoms with Gasteiger partial charge >= 0.3 is 6.18 Å². The van der Waals surface area contributed by atoms with E-state index in [1.807, 2.05) is 12.1 Å². The van der Waals surface area contributed by atoms with Gasteiger partial charge in [0, 0.05) is 13.0 Å². The Morgan fingerprint density at radius 2 is 1.70 bits per heavy atom. The van der Waals surface area contributed by atoms with Gasteiger partial charge in [-0.1, -0.05) is 54.6 Å². The average Bonchev–Trinajstić information content (AvgIpc) is 3.45. The molecule has 5 rings (SSSR count). The van der Waals surface area contributed by atoms with Crippen molar-refractivity contribution in [2.45, 2.75) is 38.0 Å². The number of tetrazole rings is 1. The Balaban J connectivity index is 1.16. The van der Waals surface area contributed by atoms with Crippen LogP contribution in [0.1, 0.15) is 41.3 Å². The van der Waals surface area contributed by atoms with E-state index in [1.165, 1.54) is 17.7 Å². The topological polar surface area (TPSA) is 66.9 Å². The first kappa shape index (κ1) is 25.0. The summed E-state index contributed by atoms with van der Waals surface area (Å²) < 4.78 is 47.2. The summed E-state index contributed by atoms with van der Waals surface area (Å²) in [6.45, 7) is 3.03. The summed E-state index contributed by atoms with van der Waals surface area (Å²) in [5.41, 5.74) is 1.79. The molecule has 0 unspecified atom stereocenters. The molecule has 0 radical (unpaired) electrons. The number of piperidine rings is 1. The zero-order valence-corrected chi connectivity index (χ0v) is 20.3. The number of hydrogen-bond donors (Lipinski definition) is 1. The van der Waals surface area contributed by atoms with Gasteiger partial charge in [-0.3, -0.25) is 0 Å². The van der Waals surface area contributed by atoms with Gasteiger partial charge in [0.25, 0.3) is 0 Å². The van der Waals surface area contributed by atoms with Crippen LogP contribution >= 0.6 is 0 Å². The van der Waals surface area contributed by atoms with Gasteiger partial charge in [-0.15, -0.1) is 5.10 Å². The van der Waals surface area contributed by atoms with Crippen LogP contribution in [-0.4, -0.2) is 45.2 Å². The van der Waals surface area contributed by atoms with Crippen LogP contribution in [0.5, 0.6) is 5.75 Å². The lowest BCUT2D eigenvalue weighted by Gasteiger charge is -2.32. The van der Waals surface area contributed by atoms with E-state index in [-0.39, 0.29) is 12.2 Å². The highest BCUT2D eigenvalue weighted by Gasteiger charge is 2.34. The molecule has 0 aliphatic carbocycles. The van der Waals surface area contributed by atoms with Crippen molar-refractivity contribution in [2.24, 2.45) is 0 Å². The molecule has 1 N–H and O–H groups in total. The summed E-state index contributed by atoms with van der Waals surface area (Å²) >= 11 is 0. The molecule has 3 aromatic carbocycles. The Bertz CT molecular complexity index is 1270. The maximum Gasteiger partial charge on any atom is 0.417 e. The van der Waals surface area contributed by atoms with Crippen LogP contribution in [0.25, 0.3) is 11.1 Å². The molecule has 1 fully saturated rings. The normalized spacial score (nSPS) is 15.1. The Labute approximate surface area is 213 Å². The molecule has 2 heterocycles. The smallest absolute Gasteiger partial charge is 0.417 e. The number of ether oxygens (including phenoxy) is 1. The van der Waals surface area contributed by atoms with Crippen molar-refractivity contribution in [2.75, 3.05) is 19.6 Å². The minimum absolute atomic E-state index is 0.0661. The fourth-order valence-electron chi connectivity index (χ4n) is 4.83. The van der Waals surface area contributed by atoms with Crippen molar-refractivity contribution in [3.63, 3.8) is 0 Å². The SMILES string of the molecule is FC(F)(F)c1cc(COc2ccc(C3CCN(CCc4nnn[nH]4)CC3)cc2)ccc1-c1ccccc1. The number of likely N-dealkylation sites (tertiary alicyclic amines) is 1. The quantitative estimate of drug-likeness (QED) is 0.322. The van der Waals surface area contributed by atoms with Gasteiger partial charge in [-0.05, 0) is 82.7 Å². The van der Waals surface area contributed by atoms with Crippen LogP contribution in [0.15, 0.2) is 72.8 Å². The molecule has 0 saturated carbocycles. The highest BCUT2D eigenvalue weighted by atomic mass is 19.4. The molecule has 0 spiro atoms. The molecule has 4 aromatic rings. The van der Waals surface area contributed by atoms with Crippen molar-refractivity contribution in [1.29, 1.82) is 0 Å². The van der Waals surface area contributed by atoms with E-state index in [2.05, 4.69) is 37.7 Å². The van der Waals surface area contributed by atoms with Gasteiger partial charge < -0.3 is 9.64 Å². The molecule has 37 heavy (non-hydrogen) atoms. The molecule has 0 amide bonds. The van der Waals surface area contributed by atoms with Crippen LogP contribution < -0.4 is 4.74 Å². The van der Waals surface area contributed by atoms with E-state index >= 15 is 0 Å². The van der Waals surface area contributed by atoms with E-state index in [9.17, 15) is 13.2 Å². The Hall–Kier alpha value is -3.72. The van der Waals surface area contributed by atoms with Crippen molar-refractivity contribution in [1.82, 2.24) is 25.5 Å². The minimum Gasteiger partial charge on any atom is -0.489 e. The maximum absolute atomic E-state index is 13.8. The van der Waals surface area contributed by atoms with E-state index in [0.29, 0.717) is 22.8 Å². The first-order valence-corrected chi connectivity index (χ1v) is 12.4. The Morgan fingerprint density at radius 3 is 2.38 bits per heavy atom. The number of halogens is 3. The lowest BCUT2D eigenvalue weighted by atomic mass is 9.89. The van der Waals surface area contributed by atoms with Crippen molar-refractivity contribution >= 4 is 0 Å². The molecular formula is C28H28F3N5O. The van der Waals surface area contributed by atoms with E-state index in [4.69, 9.17) is 4.74 Å². The third-order valence-electron chi connectivity index (χ3n) is 6.87. The summed E-state index contributed by atoms with van der Waals surface area (Å²) in [7, 11) is 0. The van der Waals surface area contributed by atoms with Crippen LogP contribution in [0, 0.1) is 0 Å².